The highest BCUT2D eigenvalue weighted by molar-refractivity contribution is 5.91. The van der Waals surface area contributed by atoms with Gasteiger partial charge in [0, 0.05) is 24.3 Å². The fourth-order valence-corrected chi connectivity index (χ4v) is 5.77. The van der Waals surface area contributed by atoms with E-state index in [1.165, 1.54) is 38.9 Å². The van der Waals surface area contributed by atoms with Crippen LogP contribution in [0.5, 0.6) is 0 Å². The molecule has 0 saturated carbocycles. The molecule has 0 bridgehead atoms. The molecule has 2 amide bonds. The van der Waals surface area contributed by atoms with Crippen LogP contribution in [0.3, 0.4) is 0 Å². The Balaban J connectivity index is 1.68. The van der Waals surface area contributed by atoms with Gasteiger partial charge in [-0.1, -0.05) is 76.3 Å². The van der Waals surface area contributed by atoms with Crippen molar-refractivity contribution in [2.75, 3.05) is 32.5 Å². The van der Waals surface area contributed by atoms with Crippen LogP contribution in [-0.2, 0) is 13.1 Å². The van der Waals surface area contributed by atoms with Crippen molar-refractivity contribution in [3.63, 3.8) is 0 Å². The summed E-state index contributed by atoms with van der Waals surface area (Å²) in [5.74, 6) is 0. The van der Waals surface area contributed by atoms with Gasteiger partial charge in [0.25, 0.3) is 0 Å². The molecule has 0 radical (unpaired) electrons. The Morgan fingerprint density at radius 1 is 0.684 bits per heavy atom. The van der Waals surface area contributed by atoms with Crippen molar-refractivity contribution in [1.29, 1.82) is 0 Å². The smallest absolute Gasteiger partial charge is 0.322 e. The fraction of sp³-hybridized carbons (Fsp3) is 0.441. The summed E-state index contributed by atoms with van der Waals surface area (Å²) in [6.45, 7) is 18.2. The van der Waals surface area contributed by atoms with Gasteiger partial charge in [-0.2, -0.15) is 0 Å². The van der Waals surface area contributed by atoms with Crippen molar-refractivity contribution < 1.29 is 9.28 Å². The summed E-state index contributed by atoms with van der Waals surface area (Å²) in [4.78, 5) is 15.6. The first kappa shape index (κ1) is 29.4. The summed E-state index contributed by atoms with van der Waals surface area (Å²) in [7, 11) is 4.61. The molecule has 4 nitrogen and oxygen atoms in total. The normalized spacial score (nSPS) is 11.5. The van der Waals surface area contributed by atoms with Crippen LogP contribution < -0.4 is 5.32 Å². The Kier molecular flexibility index (Phi) is 9.78. The van der Waals surface area contributed by atoms with Gasteiger partial charge in [-0.15, -0.1) is 0 Å². The van der Waals surface area contributed by atoms with E-state index in [-0.39, 0.29) is 6.03 Å². The summed E-state index contributed by atoms with van der Waals surface area (Å²) in [5.41, 5.74) is 12.0. The maximum Gasteiger partial charge on any atom is 0.322 e. The van der Waals surface area contributed by atoms with E-state index in [4.69, 9.17) is 0 Å². The van der Waals surface area contributed by atoms with Gasteiger partial charge in [-0.3, -0.25) is 0 Å². The van der Waals surface area contributed by atoms with Gasteiger partial charge in [0.2, 0.25) is 0 Å². The van der Waals surface area contributed by atoms with E-state index in [2.05, 4.69) is 116 Å². The number of rotatable bonds is 10. The van der Waals surface area contributed by atoms with Gasteiger partial charge in [-0.25, -0.2) is 4.79 Å². The summed E-state index contributed by atoms with van der Waals surface area (Å²) >= 11 is 0. The van der Waals surface area contributed by atoms with E-state index in [9.17, 15) is 4.79 Å². The molecule has 3 aromatic rings. The van der Waals surface area contributed by atoms with Crippen LogP contribution in [0.25, 0.3) is 0 Å². The van der Waals surface area contributed by atoms with E-state index < -0.39 is 0 Å². The average molecular weight is 515 g/mol. The lowest BCUT2D eigenvalue weighted by atomic mass is 10.1. The molecule has 0 spiro atoms. The quantitative estimate of drug-likeness (QED) is 0.216. The molecule has 0 heterocycles. The van der Waals surface area contributed by atoms with Gasteiger partial charge in [0.15, 0.2) is 0 Å². The predicted octanol–water partition coefficient (Wildman–Crippen LogP) is 7.94. The molecule has 0 unspecified atom stereocenters. The molecule has 3 aromatic carbocycles. The molecule has 0 aliphatic rings. The number of carbonyl (C=O) groups excluding carboxylic acids is 1. The minimum Gasteiger partial charge on any atom is -0.325 e. The molecule has 0 aromatic heterocycles. The Bertz CT molecular complexity index is 1210. The number of urea groups is 1. The average Bonchev–Trinajstić information content (AvgIpc) is 2.76. The number of hydrogen-bond donors (Lipinski definition) is 1. The second-order valence-electron chi connectivity index (χ2n) is 12.1. The Labute approximate surface area is 231 Å². The number of benzene rings is 3. The van der Waals surface area contributed by atoms with Gasteiger partial charge in [0.05, 0.1) is 20.6 Å². The molecule has 0 atom stereocenters. The van der Waals surface area contributed by atoms with E-state index in [0.717, 1.165) is 53.8 Å². The third-order valence-electron chi connectivity index (χ3n) is 7.18. The number of quaternary nitrogens is 1. The fourth-order valence-electron chi connectivity index (χ4n) is 5.77. The first-order chi connectivity index (χ1) is 17.8. The lowest BCUT2D eigenvalue weighted by Gasteiger charge is -2.31. The maximum absolute atomic E-state index is 13.6. The van der Waals surface area contributed by atoms with Crippen molar-refractivity contribution in [3.05, 3.63) is 98.6 Å². The lowest BCUT2D eigenvalue weighted by Crippen LogP contribution is -2.40. The summed E-state index contributed by atoms with van der Waals surface area (Å²) < 4.78 is 0.938. The molecule has 0 fully saturated rings. The Morgan fingerprint density at radius 3 is 1.68 bits per heavy atom. The second-order valence-corrected chi connectivity index (χ2v) is 12.1. The van der Waals surface area contributed by atoms with Gasteiger partial charge in [0.1, 0.15) is 6.54 Å². The van der Waals surface area contributed by atoms with Crippen LogP contribution in [0.1, 0.15) is 62.9 Å². The summed E-state index contributed by atoms with van der Waals surface area (Å²) in [6, 6.07) is 17.7. The Hall–Kier alpha value is -3.11. The predicted molar refractivity (Wildman–Crippen MR) is 162 cm³/mol. The zero-order chi connectivity index (χ0) is 28.0. The largest absolute Gasteiger partial charge is 0.325 e. The van der Waals surface area contributed by atoms with Crippen LogP contribution in [0.2, 0.25) is 0 Å². The molecule has 3 rings (SSSR count). The van der Waals surface area contributed by atoms with Gasteiger partial charge in [-0.05, 0) is 78.0 Å². The van der Waals surface area contributed by atoms with Crippen LogP contribution in [-0.4, -0.2) is 42.6 Å². The number of aryl methyl sites for hydroxylation is 7. The topological polar surface area (TPSA) is 32.3 Å². The number of nitrogens with zero attached hydrogens (tertiary/aromatic N) is 2. The maximum atomic E-state index is 13.6. The first-order valence-corrected chi connectivity index (χ1v) is 13.9. The molecule has 204 valence electrons. The monoisotopic (exact) mass is 514 g/mol. The van der Waals surface area contributed by atoms with Gasteiger partial charge >= 0.3 is 6.03 Å². The van der Waals surface area contributed by atoms with Crippen molar-refractivity contribution in [3.8, 4) is 0 Å². The second kappa shape index (κ2) is 12.6. The van der Waals surface area contributed by atoms with E-state index in [1.807, 2.05) is 4.90 Å². The highest BCUT2D eigenvalue weighted by Crippen LogP contribution is 2.23. The minimum atomic E-state index is -0.0248. The van der Waals surface area contributed by atoms with Gasteiger partial charge < -0.3 is 14.7 Å². The third-order valence-corrected chi connectivity index (χ3v) is 7.18. The number of carbonyl (C=O) groups is 1. The molecule has 0 aliphatic heterocycles. The Morgan fingerprint density at radius 2 is 1.16 bits per heavy atom. The molecule has 1 N–H and O–H groups in total. The van der Waals surface area contributed by atoms with Crippen molar-refractivity contribution in [2.45, 2.75) is 74.4 Å². The molecular formula is C34H48N3O+. The summed E-state index contributed by atoms with van der Waals surface area (Å²) in [5, 5.41) is 3.24. The lowest BCUT2D eigenvalue weighted by molar-refractivity contribution is -0.903. The minimum absolute atomic E-state index is 0.0248. The molecule has 4 heteroatoms. The SMILES string of the molecule is Cc1cc(C)cc(CN(CCCC[N+](C)(C)Cc2cc(C)cc(C)c2)C(=O)Nc2c(C)cc(C)cc2C)c1. The first-order valence-electron chi connectivity index (χ1n) is 13.9. The number of unbranched alkanes of at least 4 members (excludes halogenated alkanes) is 1. The van der Waals surface area contributed by atoms with Crippen LogP contribution in [0.15, 0.2) is 48.5 Å². The standard InChI is InChI=1S/C34H47N3O/c1-24-14-25(2)19-31(18-24)22-36(34(38)35-33-29(6)16-28(5)17-30(33)7)12-10-11-13-37(8,9)23-32-20-26(3)15-27(4)21-32/h14-21H,10-13,22-23H2,1-9H3/p+1. The zero-order valence-corrected chi connectivity index (χ0v) is 25.2. The summed E-state index contributed by atoms with van der Waals surface area (Å²) in [6.07, 6.45) is 2.04. The van der Waals surface area contributed by atoms with Crippen LogP contribution in [0.4, 0.5) is 10.5 Å². The molecule has 0 saturated heterocycles. The zero-order valence-electron chi connectivity index (χ0n) is 25.2. The van der Waals surface area contributed by atoms with Crippen molar-refractivity contribution in [2.24, 2.45) is 0 Å². The highest BCUT2D eigenvalue weighted by atomic mass is 16.2. The molecular weight excluding hydrogens is 466 g/mol. The molecule has 0 aliphatic carbocycles. The number of hydrogen-bond acceptors (Lipinski definition) is 1. The number of amides is 2. The van der Waals surface area contributed by atoms with Crippen molar-refractivity contribution in [1.82, 2.24) is 4.90 Å². The third kappa shape index (κ3) is 8.73. The van der Waals surface area contributed by atoms with E-state index >= 15 is 0 Å². The van der Waals surface area contributed by atoms with Crippen LogP contribution in [0, 0.1) is 48.5 Å². The van der Waals surface area contributed by atoms with E-state index in [1.54, 1.807) is 0 Å². The number of nitrogens with one attached hydrogen (secondary N) is 1. The van der Waals surface area contributed by atoms with Crippen molar-refractivity contribution >= 4 is 11.7 Å². The number of anilines is 1. The van der Waals surface area contributed by atoms with E-state index in [0.29, 0.717) is 6.54 Å². The highest BCUT2D eigenvalue weighted by Gasteiger charge is 2.19. The molecule has 38 heavy (non-hydrogen) atoms. The van der Waals surface area contributed by atoms with Crippen LogP contribution >= 0.6 is 0 Å².